The van der Waals surface area contributed by atoms with Gasteiger partial charge in [-0.15, -0.1) is 0 Å². The lowest BCUT2D eigenvalue weighted by Crippen LogP contribution is -2.54. The standard InChI is InChI=1S/C17H9BrCl2N2O2S/c18-10-6-4-9(5-7-10)8-11-15(23)21-17(25)22(16(11)24)13-3-1-2-12(19)14(13)20/h1-8H,(H,21,23,25)/b11-8+. The zero-order valence-electron chi connectivity index (χ0n) is 12.4. The lowest BCUT2D eigenvalue weighted by Gasteiger charge is -2.29. The minimum Gasteiger partial charge on any atom is -0.298 e. The number of halogens is 3. The van der Waals surface area contributed by atoms with Crippen molar-refractivity contribution in [2.24, 2.45) is 0 Å². The van der Waals surface area contributed by atoms with E-state index in [1.165, 1.54) is 6.08 Å². The number of carbonyl (C=O) groups is 2. The Morgan fingerprint density at radius 2 is 1.76 bits per heavy atom. The van der Waals surface area contributed by atoms with Gasteiger partial charge in [0.25, 0.3) is 11.8 Å². The average molecular weight is 456 g/mol. The monoisotopic (exact) mass is 454 g/mol. The molecule has 8 heteroatoms. The molecule has 2 amide bonds. The number of nitrogens with one attached hydrogen (secondary N) is 1. The van der Waals surface area contributed by atoms with Gasteiger partial charge in [0.2, 0.25) is 0 Å². The van der Waals surface area contributed by atoms with Gasteiger partial charge in [-0.1, -0.05) is 57.3 Å². The van der Waals surface area contributed by atoms with Gasteiger partial charge < -0.3 is 0 Å². The van der Waals surface area contributed by atoms with Crippen LogP contribution in [0.5, 0.6) is 0 Å². The van der Waals surface area contributed by atoms with Crippen LogP contribution in [0.4, 0.5) is 5.69 Å². The van der Waals surface area contributed by atoms with Crippen LogP contribution in [0.15, 0.2) is 52.5 Å². The van der Waals surface area contributed by atoms with E-state index in [0.29, 0.717) is 11.3 Å². The van der Waals surface area contributed by atoms with Crippen molar-refractivity contribution in [3.05, 3.63) is 68.1 Å². The predicted molar refractivity (Wildman–Crippen MR) is 107 cm³/mol. The summed E-state index contributed by atoms with van der Waals surface area (Å²) in [6, 6.07) is 12.0. The van der Waals surface area contributed by atoms with E-state index < -0.39 is 11.8 Å². The summed E-state index contributed by atoms with van der Waals surface area (Å²) in [6.45, 7) is 0. The molecule has 2 aromatic rings. The molecule has 0 aliphatic carbocycles. The summed E-state index contributed by atoms with van der Waals surface area (Å²) < 4.78 is 0.891. The second kappa shape index (κ2) is 7.25. The molecule has 4 nitrogen and oxygen atoms in total. The normalized spacial score (nSPS) is 16.4. The molecule has 1 N–H and O–H groups in total. The fraction of sp³-hybridized carbons (Fsp3) is 0. The van der Waals surface area contributed by atoms with E-state index in [-0.39, 0.29) is 20.7 Å². The van der Waals surface area contributed by atoms with Crippen LogP contribution in [0.25, 0.3) is 6.08 Å². The number of anilines is 1. The molecule has 1 heterocycles. The Hall–Kier alpha value is -1.73. The van der Waals surface area contributed by atoms with Gasteiger partial charge >= 0.3 is 0 Å². The summed E-state index contributed by atoms with van der Waals surface area (Å²) in [4.78, 5) is 26.3. The molecule has 1 aliphatic rings. The molecule has 126 valence electrons. The van der Waals surface area contributed by atoms with E-state index in [1.807, 2.05) is 12.1 Å². The van der Waals surface area contributed by atoms with Crippen LogP contribution in [0.3, 0.4) is 0 Å². The van der Waals surface area contributed by atoms with Crippen LogP contribution >= 0.6 is 51.3 Å². The fourth-order valence-corrected chi connectivity index (χ4v) is 3.19. The summed E-state index contributed by atoms with van der Waals surface area (Å²) >= 11 is 20.7. The molecule has 1 fully saturated rings. The number of thiocarbonyl (C=S) groups is 1. The quantitative estimate of drug-likeness (QED) is 0.409. The van der Waals surface area contributed by atoms with E-state index in [2.05, 4.69) is 21.2 Å². The van der Waals surface area contributed by atoms with Crippen molar-refractivity contribution in [1.29, 1.82) is 0 Å². The molecule has 0 radical (unpaired) electrons. The van der Waals surface area contributed by atoms with Gasteiger partial charge in [-0.25, -0.2) is 0 Å². The molecule has 1 aliphatic heterocycles. The van der Waals surface area contributed by atoms with Crippen molar-refractivity contribution in [3.63, 3.8) is 0 Å². The highest BCUT2D eigenvalue weighted by Crippen LogP contribution is 2.34. The molecule has 2 aromatic carbocycles. The maximum Gasteiger partial charge on any atom is 0.270 e. The third-order valence-corrected chi connectivity index (χ3v) is 5.08. The van der Waals surface area contributed by atoms with E-state index in [4.69, 9.17) is 35.4 Å². The zero-order chi connectivity index (χ0) is 18.1. The largest absolute Gasteiger partial charge is 0.298 e. The molecule has 1 saturated heterocycles. The molecule has 0 spiro atoms. The molecular weight excluding hydrogens is 447 g/mol. The first-order valence-electron chi connectivity index (χ1n) is 6.99. The lowest BCUT2D eigenvalue weighted by molar-refractivity contribution is -0.122. The third-order valence-electron chi connectivity index (χ3n) is 3.45. The average Bonchev–Trinajstić information content (AvgIpc) is 2.57. The minimum atomic E-state index is -0.569. The van der Waals surface area contributed by atoms with Gasteiger partial charge in [-0.2, -0.15) is 0 Å². The predicted octanol–water partition coefficient (Wildman–Crippen LogP) is 4.59. The van der Waals surface area contributed by atoms with Crippen LogP contribution in [-0.2, 0) is 9.59 Å². The first-order chi connectivity index (χ1) is 11.9. The Kier molecular flexibility index (Phi) is 5.24. The summed E-state index contributed by atoms with van der Waals surface area (Å²) in [5, 5.41) is 2.92. The van der Waals surface area contributed by atoms with Crippen molar-refractivity contribution in [2.75, 3.05) is 4.90 Å². The lowest BCUT2D eigenvalue weighted by atomic mass is 10.1. The van der Waals surface area contributed by atoms with Gasteiger partial charge in [0.1, 0.15) is 5.57 Å². The summed E-state index contributed by atoms with van der Waals surface area (Å²) in [7, 11) is 0. The highest BCUT2D eigenvalue weighted by Gasteiger charge is 2.35. The summed E-state index contributed by atoms with van der Waals surface area (Å²) in [5.74, 6) is -1.13. The van der Waals surface area contributed by atoms with Crippen LogP contribution in [0.2, 0.25) is 10.0 Å². The van der Waals surface area contributed by atoms with Crippen LogP contribution in [-0.4, -0.2) is 16.9 Å². The molecule has 0 unspecified atom stereocenters. The fourth-order valence-electron chi connectivity index (χ4n) is 2.27. The molecular formula is C17H9BrCl2N2O2S. The van der Waals surface area contributed by atoms with Crippen molar-refractivity contribution >= 4 is 80.0 Å². The molecule has 0 saturated carbocycles. The summed E-state index contributed by atoms with van der Waals surface area (Å²) in [6.07, 6.45) is 1.50. The van der Waals surface area contributed by atoms with Gasteiger partial charge in [0.15, 0.2) is 5.11 Å². The van der Waals surface area contributed by atoms with Crippen LogP contribution in [0, 0.1) is 0 Å². The zero-order valence-corrected chi connectivity index (χ0v) is 16.3. The first kappa shape index (κ1) is 18.1. The number of hydrogen-bond acceptors (Lipinski definition) is 3. The van der Waals surface area contributed by atoms with E-state index >= 15 is 0 Å². The number of rotatable bonds is 2. The van der Waals surface area contributed by atoms with Crippen LogP contribution in [0.1, 0.15) is 5.56 Å². The Morgan fingerprint density at radius 1 is 1.08 bits per heavy atom. The first-order valence-corrected chi connectivity index (χ1v) is 8.95. The van der Waals surface area contributed by atoms with E-state index in [0.717, 1.165) is 9.37 Å². The van der Waals surface area contributed by atoms with E-state index in [1.54, 1.807) is 30.3 Å². The van der Waals surface area contributed by atoms with Crippen LogP contribution < -0.4 is 10.2 Å². The maximum absolute atomic E-state index is 12.9. The van der Waals surface area contributed by atoms with Crippen molar-refractivity contribution in [3.8, 4) is 0 Å². The van der Waals surface area contributed by atoms with Crippen molar-refractivity contribution < 1.29 is 9.59 Å². The number of hydrogen-bond donors (Lipinski definition) is 1. The second-order valence-corrected chi connectivity index (χ2v) is 7.17. The molecule has 0 atom stereocenters. The van der Waals surface area contributed by atoms with E-state index in [9.17, 15) is 9.59 Å². The number of amides is 2. The smallest absolute Gasteiger partial charge is 0.270 e. The SMILES string of the molecule is O=C1NC(=S)N(c2cccc(Cl)c2Cl)C(=O)/C1=C/c1ccc(Br)cc1. The number of benzene rings is 2. The molecule has 0 bridgehead atoms. The topological polar surface area (TPSA) is 49.4 Å². The highest BCUT2D eigenvalue weighted by molar-refractivity contribution is 9.10. The maximum atomic E-state index is 12.9. The van der Waals surface area contributed by atoms with Gasteiger partial charge in [0.05, 0.1) is 15.7 Å². The number of carbonyl (C=O) groups excluding carboxylic acids is 2. The second-order valence-electron chi connectivity index (χ2n) is 5.08. The Morgan fingerprint density at radius 3 is 2.44 bits per heavy atom. The Labute approximate surface area is 167 Å². The van der Waals surface area contributed by atoms with Gasteiger partial charge in [-0.05, 0) is 48.1 Å². The molecule has 0 aromatic heterocycles. The number of nitrogens with zero attached hydrogens (tertiary/aromatic N) is 1. The highest BCUT2D eigenvalue weighted by atomic mass is 79.9. The summed E-state index contributed by atoms with van der Waals surface area (Å²) in [5.41, 5.74) is 0.962. The van der Waals surface area contributed by atoms with Gasteiger partial charge in [0, 0.05) is 4.47 Å². The van der Waals surface area contributed by atoms with Crippen molar-refractivity contribution in [2.45, 2.75) is 0 Å². The Balaban J connectivity index is 2.05. The Bertz CT molecular complexity index is 929. The van der Waals surface area contributed by atoms with Gasteiger partial charge in [-0.3, -0.25) is 19.8 Å². The molecule has 25 heavy (non-hydrogen) atoms. The molecule has 3 rings (SSSR count). The minimum absolute atomic E-state index is 0.0490. The van der Waals surface area contributed by atoms with Crippen molar-refractivity contribution in [1.82, 2.24) is 5.32 Å². The third kappa shape index (κ3) is 3.62.